The summed E-state index contributed by atoms with van der Waals surface area (Å²) in [5.74, 6) is -0.774. The molecule has 2 heterocycles. The molecule has 1 aliphatic rings. The van der Waals surface area contributed by atoms with Crippen LogP contribution in [0.25, 0.3) is 11.3 Å². The third kappa shape index (κ3) is 3.98. The predicted molar refractivity (Wildman–Crippen MR) is 93.7 cm³/mol. The van der Waals surface area contributed by atoms with Crippen molar-refractivity contribution in [3.8, 4) is 11.3 Å². The van der Waals surface area contributed by atoms with Gasteiger partial charge in [0.1, 0.15) is 12.4 Å². The molecule has 0 bridgehead atoms. The van der Waals surface area contributed by atoms with E-state index in [9.17, 15) is 22.4 Å². The Kier molecular flexibility index (Phi) is 4.90. The number of hydrogen-bond acceptors (Lipinski definition) is 5. The standard InChI is InChI=1S/C17H18FN3O4S/c1-20(14-8-9-26(24,25)11-14)17(23)10-21-16(22)7-6-15(19-21)12-2-4-13(18)5-3-12/h2-7,14H,8-11H2,1H3/t14-/m0/s1. The van der Waals surface area contributed by atoms with Crippen LogP contribution in [0.4, 0.5) is 4.39 Å². The van der Waals surface area contributed by atoms with Gasteiger partial charge in [0.2, 0.25) is 5.91 Å². The number of halogens is 1. The van der Waals surface area contributed by atoms with Crippen LogP contribution in [0.3, 0.4) is 0 Å². The summed E-state index contributed by atoms with van der Waals surface area (Å²) in [5.41, 5.74) is 0.600. The van der Waals surface area contributed by atoms with Gasteiger partial charge in [-0.15, -0.1) is 0 Å². The van der Waals surface area contributed by atoms with Crippen LogP contribution >= 0.6 is 0 Å². The van der Waals surface area contributed by atoms with Crippen molar-refractivity contribution >= 4 is 15.7 Å². The van der Waals surface area contributed by atoms with Gasteiger partial charge < -0.3 is 4.90 Å². The zero-order valence-corrected chi connectivity index (χ0v) is 14.9. The maximum Gasteiger partial charge on any atom is 0.267 e. The summed E-state index contributed by atoms with van der Waals surface area (Å²) in [6, 6.07) is 8.04. The molecule has 3 rings (SSSR count). The first kappa shape index (κ1) is 18.2. The fourth-order valence-electron chi connectivity index (χ4n) is 2.86. The van der Waals surface area contributed by atoms with Crippen LogP contribution in [-0.4, -0.2) is 53.6 Å². The van der Waals surface area contributed by atoms with Crippen molar-refractivity contribution in [1.82, 2.24) is 14.7 Å². The molecule has 1 aliphatic heterocycles. The number of amides is 1. The van der Waals surface area contributed by atoms with E-state index < -0.39 is 21.3 Å². The molecule has 0 radical (unpaired) electrons. The van der Waals surface area contributed by atoms with Gasteiger partial charge in [-0.05, 0) is 36.8 Å². The van der Waals surface area contributed by atoms with Gasteiger partial charge >= 0.3 is 0 Å². The zero-order chi connectivity index (χ0) is 18.9. The quantitative estimate of drug-likeness (QED) is 0.780. The molecule has 0 unspecified atom stereocenters. The third-order valence-corrected chi connectivity index (χ3v) is 6.19. The topological polar surface area (TPSA) is 89.3 Å². The van der Waals surface area contributed by atoms with Gasteiger partial charge in [0.15, 0.2) is 9.84 Å². The van der Waals surface area contributed by atoms with Gasteiger partial charge in [0.05, 0.1) is 17.2 Å². The predicted octanol–water partition coefficient (Wildman–Crippen LogP) is 0.695. The van der Waals surface area contributed by atoms with Gasteiger partial charge in [-0.2, -0.15) is 5.10 Å². The SMILES string of the molecule is CN(C(=O)Cn1nc(-c2ccc(F)cc2)ccc1=O)[C@H]1CCS(=O)(=O)C1. The van der Waals surface area contributed by atoms with Crippen LogP contribution in [0.5, 0.6) is 0 Å². The molecule has 7 nitrogen and oxygen atoms in total. The highest BCUT2D eigenvalue weighted by molar-refractivity contribution is 7.91. The van der Waals surface area contributed by atoms with E-state index in [0.717, 1.165) is 4.68 Å². The first-order valence-corrected chi connectivity index (χ1v) is 9.87. The summed E-state index contributed by atoms with van der Waals surface area (Å²) >= 11 is 0. The van der Waals surface area contributed by atoms with Crippen molar-refractivity contribution in [2.45, 2.75) is 19.0 Å². The molecular formula is C17H18FN3O4S. The summed E-state index contributed by atoms with van der Waals surface area (Å²) < 4.78 is 37.2. The van der Waals surface area contributed by atoms with Gasteiger partial charge in [0, 0.05) is 24.7 Å². The summed E-state index contributed by atoms with van der Waals surface area (Å²) in [4.78, 5) is 25.8. The van der Waals surface area contributed by atoms with Gasteiger partial charge in [-0.1, -0.05) is 0 Å². The molecule has 26 heavy (non-hydrogen) atoms. The molecule has 2 aromatic rings. The van der Waals surface area contributed by atoms with E-state index in [0.29, 0.717) is 17.7 Å². The highest BCUT2D eigenvalue weighted by Crippen LogP contribution is 2.17. The molecule has 9 heteroatoms. The molecule has 1 saturated heterocycles. The zero-order valence-electron chi connectivity index (χ0n) is 14.1. The van der Waals surface area contributed by atoms with Crippen LogP contribution in [0.2, 0.25) is 0 Å². The molecule has 0 spiro atoms. The molecule has 1 atom stereocenters. The van der Waals surface area contributed by atoms with Crippen molar-refractivity contribution in [1.29, 1.82) is 0 Å². The Balaban J connectivity index is 1.79. The highest BCUT2D eigenvalue weighted by atomic mass is 32.2. The van der Waals surface area contributed by atoms with E-state index >= 15 is 0 Å². The number of likely N-dealkylation sites (N-methyl/N-ethyl adjacent to an activating group) is 1. The van der Waals surface area contributed by atoms with Crippen LogP contribution in [0.15, 0.2) is 41.2 Å². The molecule has 0 N–H and O–H groups in total. The maximum atomic E-state index is 13.0. The lowest BCUT2D eigenvalue weighted by Gasteiger charge is -2.23. The molecule has 1 aromatic carbocycles. The third-order valence-electron chi connectivity index (χ3n) is 4.44. The largest absolute Gasteiger partial charge is 0.340 e. The van der Waals surface area contributed by atoms with Crippen LogP contribution < -0.4 is 5.56 Å². The van der Waals surface area contributed by atoms with Crippen LogP contribution in [-0.2, 0) is 21.2 Å². The van der Waals surface area contributed by atoms with E-state index in [1.165, 1.54) is 48.3 Å². The number of sulfone groups is 1. The van der Waals surface area contributed by atoms with Gasteiger partial charge in [-0.3, -0.25) is 9.59 Å². The van der Waals surface area contributed by atoms with Gasteiger partial charge in [-0.25, -0.2) is 17.5 Å². The number of nitrogens with zero attached hydrogens (tertiary/aromatic N) is 3. The Morgan fingerprint density at radius 3 is 2.58 bits per heavy atom. The molecule has 138 valence electrons. The molecule has 0 saturated carbocycles. The number of aromatic nitrogens is 2. The molecule has 1 amide bonds. The highest BCUT2D eigenvalue weighted by Gasteiger charge is 2.32. The van der Waals surface area contributed by atoms with Crippen molar-refractivity contribution in [2.24, 2.45) is 0 Å². The van der Waals surface area contributed by atoms with E-state index in [4.69, 9.17) is 0 Å². The second-order valence-corrected chi connectivity index (χ2v) is 8.51. The minimum absolute atomic E-state index is 0.0623. The second kappa shape index (κ2) is 6.99. The first-order chi connectivity index (χ1) is 12.2. The smallest absolute Gasteiger partial charge is 0.267 e. The van der Waals surface area contributed by atoms with E-state index in [-0.39, 0.29) is 29.9 Å². The minimum atomic E-state index is -3.11. The summed E-state index contributed by atoms with van der Waals surface area (Å²) in [6.45, 7) is -0.291. The van der Waals surface area contributed by atoms with Crippen LogP contribution in [0.1, 0.15) is 6.42 Å². The summed E-state index contributed by atoms with van der Waals surface area (Å²) in [5, 5.41) is 4.17. The van der Waals surface area contributed by atoms with Crippen molar-refractivity contribution in [2.75, 3.05) is 18.6 Å². The average molecular weight is 379 g/mol. The van der Waals surface area contributed by atoms with Crippen molar-refractivity contribution in [3.05, 3.63) is 52.6 Å². The average Bonchev–Trinajstić information content (AvgIpc) is 2.97. The number of carbonyl (C=O) groups is 1. The Bertz CT molecular complexity index is 986. The van der Waals surface area contributed by atoms with Crippen molar-refractivity contribution < 1.29 is 17.6 Å². The fraction of sp³-hybridized carbons (Fsp3) is 0.353. The Morgan fingerprint density at radius 1 is 1.27 bits per heavy atom. The van der Waals surface area contributed by atoms with Crippen LogP contribution in [0, 0.1) is 5.82 Å². The number of hydrogen-bond donors (Lipinski definition) is 0. The van der Waals surface area contributed by atoms with Gasteiger partial charge in [0.25, 0.3) is 5.56 Å². The number of benzene rings is 1. The Morgan fingerprint density at radius 2 is 1.96 bits per heavy atom. The lowest BCUT2D eigenvalue weighted by Crippen LogP contribution is -2.41. The second-order valence-electron chi connectivity index (χ2n) is 6.28. The Hall–Kier alpha value is -2.55. The lowest BCUT2D eigenvalue weighted by molar-refractivity contribution is -0.132. The maximum absolute atomic E-state index is 13.0. The molecule has 0 aliphatic carbocycles. The van der Waals surface area contributed by atoms with E-state index in [1.54, 1.807) is 0 Å². The van der Waals surface area contributed by atoms with E-state index in [1.807, 2.05) is 0 Å². The number of rotatable bonds is 4. The monoisotopic (exact) mass is 379 g/mol. The van der Waals surface area contributed by atoms with E-state index in [2.05, 4.69) is 5.10 Å². The summed E-state index contributed by atoms with van der Waals surface area (Å²) in [7, 11) is -1.58. The molecule has 1 fully saturated rings. The molecular weight excluding hydrogens is 361 g/mol. The normalized spacial score (nSPS) is 18.6. The number of carbonyl (C=O) groups excluding carboxylic acids is 1. The fourth-order valence-corrected chi connectivity index (χ4v) is 4.64. The minimum Gasteiger partial charge on any atom is -0.340 e. The lowest BCUT2D eigenvalue weighted by atomic mass is 10.1. The molecule has 1 aromatic heterocycles. The Labute approximate surface area is 150 Å². The van der Waals surface area contributed by atoms with Crippen molar-refractivity contribution in [3.63, 3.8) is 0 Å². The summed E-state index contributed by atoms with van der Waals surface area (Å²) in [6.07, 6.45) is 0.391. The first-order valence-electron chi connectivity index (χ1n) is 8.05.